The summed E-state index contributed by atoms with van der Waals surface area (Å²) in [5, 5.41) is 12.8. The molecule has 0 aliphatic carbocycles. The Morgan fingerprint density at radius 2 is 2.11 bits per heavy atom. The smallest absolute Gasteiger partial charge is 0.0611 e. The minimum absolute atomic E-state index is 0.160. The van der Waals surface area contributed by atoms with Crippen LogP contribution in [0.3, 0.4) is 0 Å². The van der Waals surface area contributed by atoms with Crippen LogP contribution >= 0.6 is 0 Å². The first-order chi connectivity index (χ1) is 8.70. The summed E-state index contributed by atoms with van der Waals surface area (Å²) in [4.78, 5) is 0. The molecule has 1 aliphatic heterocycles. The Morgan fingerprint density at radius 1 is 1.39 bits per heavy atom. The lowest BCUT2D eigenvalue weighted by Crippen LogP contribution is -2.47. The van der Waals surface area contributed by atoms with Gasteiger partial charge in [-0.3, -0.25) is 0 Å². The summed E-state index contributed by atoms with van der Waals surface area (Å²) < 4.78 is 11.1. The Hall–Kier alpha value is -0.160. The van der Waals surface area contributed by atoms with E-state index in [0.717, 1.165) is 52.0 Å². The highest BCUT2D eigenvalue weighted by atomic mass is 16.5. The molecular formula is C14H29NO3. The summed E-state index contributed by atoms with van der Waals surface area (Å²) in [5.74, 6) is 0.655. The van der Waals surface area contributed by atoms with Crippen molar-refractivity contribution in [3.05, 3.63) is 0 Å². The van der Waals surface area contributed by atoms with Crippen LogP contribution in [0.15, 0.2) is 0 Å². The van der Waals surface area contributed by atoms with Crippen molar-refractivity contribution < 1.29 is 14.6 Å². The monoisotopic (exact) mass is 259 g/mol. The molecule has 1 fully saturated rings. The second-order valence-corrected chi connectivity index (χ2v) is 5.53. The zero-order valence-electron chi connectivity index (χ0n) is 11.9. The number of rotatable bonds is 9. The molecule has 1 rings (SSSR count). The highest BCUT2D eigenvalue weighted by molar-refractivity contribution is 4.81. The Bertz CT molecular complexity index is 207. The molecule has 1 unspecified atom stereocenters. The molecule has 0 amide bonds. The molecule has 0 saturated carbocycles. The molecule has 0 bridgehead atoms. The summed E-state index contributed by atoms with van der Waals surface area (Å²) in [6.07, 6.45) is 4.17. The van der Waals surface area contributed by atoms with E-state index in [1.807, 2.05) is 0 Å². The molecule has 4 nitrogen and oxygen atoms in total. The van der Waals surface area contributed by atoms with Crippen molar-refractivity contribution in [3.63, 3.8) is 0 Å². The summed E-state index contributed by atoms with van der Waals surface area (Å²) in [6.45, 7) is 8.59. The fraction of sp³-hybridized carbons (Fsp3) is 1.00. The summed E-state index contributed by atoms with van der Waals surface area (Å²) in [7, 11) is 0. The molecule has 1 aliphatic rings. The predicted octanol–water partition coefficient (Wildman–Crippen LogP) is 1.57. The zero-order chi connectivity index (χ0) is 13.3. The van der Waals surface area contributed by atoms with Gasteiger partial charge in [-0.05, 0) is 45.1 Å². The van der Waals surface area contributed by atoms with Gasteiger partial charge in [0.1, 0.15) is 0 Å². The molecular weight excluding hydrogens is 230 g/mol. The second kappa shape index (κ2) is 8.86. The predicted molar refractivity (Wildman–Crippen MR) is 72.8 cm³/mol. The molecule has 0 aromatic rings. The Kier molecular flexibility index (Phi) is 7.82. The van der Waals surface area contributed by atoms with Gasteiger partial charge < -0.3 is 19.9 Å². The van der Waals surface area contributed by atoms with Crippen molar-refractivity contribution in [2.45, 2.75) is 45.1 Å². The van der Waals surface area contributed by atoms with Crippen molar-refractivity contribution in [3.8, 4) is 0 Å². The fourth-order valence-electron chi connectivity index (χ4n) is 2.11. The van der Waals surface area contributed by atoms with Crippen LogP contribution in [0, 0.1) is 5.92 Å². The van der Waals surface area contributed by atoms with Gasteiger partial charge in [-0.1, -0.05) is 6.92 Å². The lowest BCUT2D eigenvalue weighted by molar-refractivity contribution is 0.0130. The molecule has 0 aromatic carbocycles. The van der Waals surface area contributed by atoms with E-state index >= 15 is 0 Å². The van der Waals surface area contributed by atoms with E-state index < -0.39 is 0 Å². The van der Waals surface area contributed by atoms with E-state index in [0.29, 0.717) is 12.5 Å². The zero-order valence-corrected chi connectivity index (χ0v) is 11.9. The number of nitrogens with one attached hydrogen (secondary N) is 1. The average Bonchev–Trinajstić information content (AvgIpc) is 2.43. The topological polar surface area (TPSA) is 50.7 Å². The van der Waals surface area contributed by atoms with Gasteiger partial charge in [0.05, 0.1) is 6.61 Å². The van der Waals surface area contributed by atoms with E-state index in [2.05, 4.69) is 19.2 Å². The SMILES string of the molecule is CCCNC(C)(CO)CCOCC1CCOCC1. The standard InChI is InChI=1S/C14H29NO3/c1-3-7-15-14(2,12-16)6-10-18-11-13-4-8-17-9-5-13/h13,15-16H,3-12H2,1-2H3. The Labute approximate surface area is 111 Å². The molecule has 108 valence electrons. The van der Waals surface area contributed by atoms with Crippen LogP contribution in [-0.4, -0.2) is 50.2 Å². The highest BCUT2D eigenvalue weighted by Crippen LogP contribution is 2.15. The number of aliphatic hydroxyl groups is 1. The first-order valence-electron chi connectivity index (χ1n) is 7.21. The van der Waals surface area contributed by atoms with Crippen molar-refractivity contribution >= 4 is 0 Å². The van der Waals surface area contributed by atoms with E-state index in [9.17, 15) is 5.11 Å². The Balaban J connectivity index is 2.10. The van der Waals surface area contributed by atoms with Crippen molar-refractivity contribution in [1.82, 2.24) is 5.32 Å². The molecule has 1 atom stereocenters. The normalized spacial score (nSPS) is 20.8. The van der Waals surface area contributed by atoms with Crippen molar-refractivity contribution in [2.75, 3.05) is 39.6 Å². The molecule has 1 heterocycles. The lowest BCUT2D eigenvalue weighted by atomic mass is 9.99. The van der Waals surface area contributed by atoms with E-state index in [4.69, 9.17) is 9.47 Å². The molecule has 18 heavy (non-hydrogen) atoms. The average molecular weight is 259 g/mol. The van der Waals surface area contributed by atoms with Crippen LogP contribution in [0.4, 0.5) is 0 Å². The molecule has 0 aromatic heterocycles. The second-order valence-electron chi connectivity index (χ2n) is 5.53. The molecule has 0 spiro atoms. The van der Waals surface area contributed by atoms with Crippen LogP contribution in [0.2, 0.25) is 0 Å². The molecule has 2 N–H and O–H groups in total. The van der Waals surface area contributed by atoms with Crippen LogP contribution < -0.4 is 5.32 Å². The summed E-state index contributed by atoms with van der Waals surface area (Å²) >= 11 is 0. The number of ether oxygens (including phenoxy) is 2. The van der Waals surface area contributed by atoms with E-state index in [1.54, 1.807) is 0 Å². The van der Waals surface area contributed by atoms with Gasteiger partial charge in [-0.15, -0.1) is 0 Å². The van der Waals surface area contributed by atoms with Crippen molar-refractivity contribution in [2.24, 2.45) is 5.92 Å². The van der Waals surface area contributed by atoms with Crippen LogP contribution in [0.5, 0.6) is 0 Å². The van der Waals surface area contributed by atoms with Crippen LogP contribution in [0.25, 0.3) is 0 Å². The minimum Gasteiger partial charge on any atom is -0.394 e. The molecule has 1 saturated heterocycles. The maximum absolute atomic E-state index is 9.43. The third kappa shape index (κ3) is 6.14. The number of hydrogen-bond acceptors (Lipinski definition) is 4. The van der Waals surface area contributed by atoms with Gasteiger partial charge >= 0.3 is 0 Å². The number of aliphatic hydroxyl groups excluding tert-OH is 1. The van der Waals surface area contributed by atoms with Gasteiger partial charge in [0.15, 0.2) is 0 Å². The van der Waals surface area contributed by atoms with Gasteiger partial charge in [0, 0.05) is 32.0 Å². The fourth-order valence-corrected chi connectivity index (χ4v) is 2.11. The summed E-state index contributed by atoms with van der Waals surface area (Å²) in [6, 6.07) is 0. The summed E-state index contributed by atoms with van der Waals surface area (Å²) in [5.41, 5.74) is -0.203. The maximum Gasteiger partial charge on any atom is 0.0611 e. The van der Waals surface area contributed by atoms with Crippen LogP contribution in [-0.2, 0) is 9.47 Å². The first-order valence-corrected chi connectivity index (χ1v) is 7.21. The maximum atomic E-state index is 9.43. The third-order valence-corrected chi connectivity index (χ3v) is 3.64. The van der Waals surface area contributed by atoms with E-state index in [1.165, 1.54) is 0 Å². The highest BCUT2D eigenvalue weighted by Gasteiger charge is 2.22. The largest absolute Gasteiger partial charge is 0.394 e. The molecule has 0 radical (unpaired) electrons. The lowest BCUT2D eigenvalue weighted by Gasteiger charge is -2.29. The Morgan fingerprint density at radius 3 is 2.72 bits per heavy atom. The molecule has 4 heteroatoms. The van der Waals surface area contributed by atoms with Gasteiger partial charge in [0.25, 0.3) is 0 Å². The number of hydrogen-bond donors (Lipinski definition) is 2. The quantitative estimate of drug-likeness (QED) is 0.617. The minimum atomic E-state index is -0.203. The van der Waals surface area contributed by atoms with Gasteiger partial charge in [-0.25, -0.2) is 0 Å². The van der Waals surface area contributed by atoms with Gasteiger partial charge in [0.2, 0.25) is 0 Å². The van der Waals surface area contributed by atoms with Crippen LogP contribution in [0.1, 0.15) is 39.5 Å². The van der Waals surface area contributed by atoms with E-state index in [-0.39, 0.29) is 12.1 Å². The first kappa shape index (κ1) is 15.9. The third-order valence-electron chi connectivity index (χ3n) is 3.64. The van der Waals surface area contributed by atoms with Gasteiger partial charge in [-0.2, -0.15) is 0 Å². The van der Waals surface area contributed by atoms with Crippen molar-refractivity contribution in [1.29, 1.82) is 0 Å².